The van der Waals surface area contributed by atoms with Crippen molar-refractivity contribution in [3.05, 3.63) is 241 Å². The lowest BCUT2D eigenvalue weighted by atomic mass is 9.74. The maximum Gasteiger partial charge on any atom is 0.160 e. The molecule has 11 aromatic rings. The fourth-order valence-corrected chi connectivity index (χ4v) is 11.1. The first-order valence-corrected chi connectivity index (χ1v) is 22.4. The van der Waals surface area contributed by atoms with Crippen LogP contribution in [-0.2, 0) is 5.41 Å². The van der Waals surface area contributed by atoms with Crippen LogP contribution in [0.2, 0.25) is 0 Å². The monoisotopic (exact) mass is 820 g/mol. The summed E-state index contributed by atoms with van der Waals surface area (Å²) >= 11 is 1.86. The lowest BCUT2D eigenvalue weighted by Gasteiger charge is -2.28. The molecule has 0 amide bonds. The molecule has 0 saturated carbocycles. The van der Waals surface area contributed by atoms with Gasteiger partial charge in [0.1, 0.15) is 0 Å². The summed E-state index contributed by atoms with van der Waals surface area (Å²) in [5.74, 6) is 0.693. The van der Waals surface area contributed by atoms with Gasteiger partial charge in [-0.05, 0) is 99.0 Å². The number of hydrogen-bond acceptors (Lipinski definition) is 3. The van der Waals surface area contributed by atoms with E-state index in [1.165, 1.54) is 59.1 Å². The SMILES string of the molecule is CC1(c2ccccc2)c2ccccc2-c2ccc(-c3cc(-c4ccccc4)cc(-c4cc(-c5ccccc5-c5cccc6c5sc5ccccc56)nc(-c5ccccc5)n4)c3)cc21. The van der Waals surface area contributed by atoms with E-state index in [1.807, 2.05) is 17.4 Å². The quantitative estimate of drug-likeness (QED) is 0.160. The smallest absolute Gasteiger partial charge is 0.160 e. The first-order valence-electron chi connectivity index (χ1n) is 21.6. The Morgan fingerprint density at radius 3 is 1.71 bits per heavy atom. The third-order valence-corrected chi connectivity index (χ3v) is 14.2. The number of benzene rings is 9. The Hall–Kier alpha value is -7.72. The highest BCUT2D eigenvalue weighted by Crippen LogP contribution is 2.53. The highest BCUT2D eigenvalue weighted by Gasteiger charge is 2.40. The summed E-state index contributed by atoms with van der Waals surface area (Å²) in [5, 5.41) is 2.57. The molecule has 0 N–H and O–H groups in total. The molecule has 1 aliphatic carbocycles. The number of rotatable bonds is 7. The highest BCUT2D eigenvalue weighted by atomic mass is 32.1. The topological polar surface area (TPSA) is 25.8 Å². The minimum atomic E-state index is -0.303. The zero-order valence-corrected chi connectivity index (χ0v) is 35.5. The third-order valence-electron chi connectivity index (χ3n) is 13.0. The Balaban J connectivity index is 1.06. The van der Waals surface area contributed by atoms with Crippen molar-refractivity contribution in [1.29, 1.82) is 0 Å². The normalized spacial score (nSPS) is 14.2. The van der Waals surface area contributed by atoms with E-state index in [0.29, 0.717) is 5.82 Å². The van der Waals surface area contributed by atoms with Crippen molar-refractivity contribution in [2.75, 3.05) is 0 Å². The van der Waals surface area contributed by atoms with Gasteiger partial charge in [-0.15, -0.1) is 11.3 Å². The molecule has 1 atom stereocenters. The van der Waals surface area contributed by atoms with Gasteiger partial charge < -0.3 is 0 Å². The summed E-state index contributed by atoms with van der Waals surface area (Å²) in [6, 6.07) is 81.2. The maximum atomic E-state index is 5.39. The average Bonchev–Trinajstić information content (AvgIpc) is 3.87. The second-order valence-electron chi connectivity index (χ2n) is 16.6. The van der Waals surface area contributed by atoms with Gasteiger partial charge in [0, 0.05) is 47.8 Å². The Labute approximate surface area is 371 Å². The molecular formula is C60H40N2S. The highest BCUT2D eigenvalue weighted by molar-refractivity contribution is 7.26. The largest absolute Gasteiger partial charge is 0.228 e. The number of aromatic nitrogens is 2. The number of fused-ring (bicyclic) bond motifs is 6. The van der Waals surface area contributed by atoms with Gasteiger partial charge in [-0.1, -0.05) is 188 Å². The van der Waals surface area contributed by atoms with E-state index in [1.54, 1.807) is 0 Å². The molecule has 1 unspecified atom stereocenters. The van der Waals surface area contributed by atoms with Crippen LogP contribution >= 0.6 is 11.3 Å². The van der Waals surface area contributed by atoms with Crippen molar-refractivity contribution < 1.29 is 0 Å². The summed E-state index contributed by atoms with van der Waals surface area (Å²) in [6.07, 6.45) is 0. The van der Waals surface area contributed by atoms with E-state index in [4.69, 9.17) is 9.97 Å². The van der Waals surface area contributed by atoms with Crippen LogP contribution in [0.5, 0.6) is 0 Å². The van der Waals surface area contributed by atoms with Gasteiger partial charge in [0.05, 0.1) is 11.4 Å². The van der Waals surface area contributed by atoms with Gasteiger partial charge in [-0.3, -0.25) is 0 Å². The van der Waals surface area contributed by atoms with E-state index in [9.17, 15) is 0 Å². The van der Waals surface area contributed by atoms with Gasteiger partial charge in [-0.2, -0.15) is 0 Å². The lowest BCUT2D eigenvalue weighted by molar-refractivity contribution is 0.714. The minimum Gasteiger partial charge on any atom is -0.228 e. The molecule has 0 fully saturated rings. The third kappa shape index (κ3) is 6.23. The molecule has 2 nitrogen and oxygen atoms in total. The van der Waals surface area contributed by atoms with Crippen LogP contribution in [0.1, 0.15) is 23.6 Å². The molecule has 9 aromatic carbocycles. The summed E-state index contributed by atoms with van der Waals surface area (Å²) in [6.45, 7) is 2.38. The zero-order chi connectivity index (χ0) is 41.9. The van der Waals surface area contributed by atoms with Gasteiger partial charge in [-0.25, -0.2) is 9.97 Å². The minimum absolute atomic E-state index is 0.303. The van der Waals surface area contributed by atoms with E-state index in [2.05, 4.69) is 225 Å². The summed E-state index contributed by atoms with van der Waals surface area (Å²) in [7, 11) is 0. The first-order chi connectivity index (χ1) is 31.1. The van der Waals surface area contributed by atoms with Crippen molar-refractivity contribution in [2.24, 2.45) is 0 Å². The van der Waals surface area contributed by atoms with E-state index in [-0.39, 0.29) is 5.41 Å². The predicted octanol–water partition coefficient (Wildman–Crippen LogP) is 16.2. The molecule has 1 aliphatic rings. The van der Waals surface area contributed by atoms with E-state index in [0.717, 1.165) is 50.3 Å². The molecule has 296 valence electrons. The van der Waals surface area contributed by atoms with Gasteiger partial charge in [0.15, 0.2) is 5.82 Å². The van der Waals surface area contributed by atoms with Crippen LogP contribution in [0.3, 0.4) is 0 Å². The predicted molar refractivity (Wildman–Crippen MR) is 265 cm³/mol. The second-order valence-corrected chi connectivity index (χ2v) is 17.7. The van der Waals surface area contributed by atoms with Gasteiger partial charge in [0.25, 0.3) is 0 Å². The molecule has 0 saturated heterocycles. The van der Waals surface area contributed by atoms with Crippen molar-refractivity contribution in [3.8, 4) is 78.4 Å². The zero-order valence-electron chi connectivity index (χ0n) is 34.7. The van der Waals surface area contributed by atoms with Crippen molar-refractivity contribution >= 4 is 31.5 Å². The van der Waals surface area contributed by atoms with Gasteiger partial charge >= 0.3 is 0 Å². The number of thiophene rings is 1. The molecule has 0 spiro atoms. The molecule has 63 heavy (non-hydrogen) atoms. The second kappa shape index (κ2) is 15.0. The Morgan fingerprint density at radius 1 is 0.349 bits per heavy atom. The van der Waals surface area contributed by atoms with Crippen molar-refractivity contribution in [1.82, 2.24) is 9.97 Å². The van der Waals surface area contributed by atoms with E-state index < -0.39 is 0 Å². The van der Waals surface area contributed by atoms with Crippen molar-refractivity contribution in [2.45, 2.75) is 12.3 Å². The molecule has 0 aliphatic heterocycles. The molecule has 2 aromatic heterocycles. The van der Waals surface area contributed by atoms with E-state index >= 15 is 0 Å². The summed E-state index contributed by atoms with van der Waals surface area (Å²) in [5.41, 5.74) is 18.0. The molecule has 3 heteroatoms. The Kier molecular flexibility index (Phi) is 8.84. The van der Waals surface area contributed by atoms with Crippen molar-refractivity contribution in [3.63, 3.8) is 0 Å². The molecule has 12 rings (SSSR count). The number of hydrogen-bond donors (Lipinski definition) is 0. The van der Waals surface area contributed by atoms with Crippen LogP contribution in [0.25, 0.3) is 98.6 Å². The average molecular weight is 821 g/mol. The lowest BCUT2D eigenvalue weighted by Crippen LogP contribution is -2.22. The molecule has 0 bridgehead atoms. The fraction of sp³-hybridized carbons (Fsp3) is 0.0333. The number of nitrogens with zero attached hydrogens (tertiary/aromatic N) is 2. The van der Waals surface area contributed by atoms with Crippen LogP contribution in [0, 0.1) is 0 Å². The van der Waals surface area contributed by atoms with Crippen LogP contribution < -0.4 is 0 Å². The van der Waals surface area contributed by atoms with Gasteiger partial charge in [0.2, 0.25) is 0 Å². The van der Waals surface area contributed by atoms with Crippen LogP contribution in [0.15, 0.2) is 224 Å². The van der Waals surface area contributed by atoms with Crippen LogP contribution in [-0.4, -0.2) is 9.97 Å². The molecule has 0 radical (unpaired) electrons. The van der Waals surface area contributed by atoms with Crippen LogP contribution in [0.4, 0.5) is 0 Å². The Bertz CT molecular complexity index is 3520. The maximum absolute atomic E-state index is 5.39. The fourth-order valence-electron chi connectivity index (χ4n) is 9.84. The summed E-state index contributed by atoms with van der Waals surface area (Å²) < 4.78 is 2.57. The Morgan fingerprint density at radius 2 is 0.921 bits per heavy atom. The molecule has 2 heterocycles. The summed E-state index contributed by atoms with van der Waals surface area (Å²) in [4.78, 5) is 10.8. The first kappa shape index (κ1) is 37.1. The molecular weight excluding hydrogens is 781 g/mol. The standard InChI is InChI=1S/C60H40N2S/c1-60(45-22-9-4-10-23-45)53-30-15-13-25-47(53)48-33-32-41(37-54(48)60)43-34-42(39-18-5-2-6-19-39)35-44(36-43)55-38-56(62-59(61-55)40-20-7-3-8-21-40)49-26-12-11-24-46(49)51-28-17-29-52-50-27-14-16-31-57(50)63-58(51)52/h2-38H,1H3.